The maximum absolute atomic E-state index is 6.33. The maximum atomic E-state index is 6.33. The second-order valence-electron chi connectivity index (χ2n) is 6.29. The van der Waals surface area contributed by atoms with Gasteiger partial charge >= 0.3 is 0 Å². The summed E-state index contributed by atoms with van der Waals surface area (Å²) in [6.45, 7) is 14.1. The van der Waals surface area contributed by atoms with Crippen molar-refractivity contribution in [2.75, 3.05) is 6.54 Å². The lowest BCUT2D eigenvalue weighted by molar-refractivity contribution is 0.300. The average molecular weight is 272 g/mol. The summed E-state index contributed by atoms with van der Waals surface area (Å²) < 4.78 is 2.03. The summed E-state index contributed by atoms with van der Waals surface area (Å²) in [5.41, 5.74) is 1.37. The molecule has 18 heavy (non-hydrogen) atoms. The van der Waals surface area contributed by atoms with Crippen molar-refractivity contribution in [3.05, 3.63) is 16.9 Å². The number of hydrogen-bond acceptors (Lipinski definition) is 2. The van der Waals surface area contributed by atoms with E-state index in [1.54, 1.807) is 6.20 Å². The lowest BCUT2D eigenvalue weighted by Gasteiger charge is -2.28. The van der Waals surface area contributed by atoms with Gasteiger partial charge in [0.1, 0.15) is 0 Å². The molecule has 0 aliphatic heterocycles. The summed E-state index contributed by atoms with van der Waals surface area (Å²) in [7, 11) is 0. The molecular weight excluding hydrogens is 246 g/mol. The lowest BCUT2D eigenvalue weighted by Crippen LogP contribution is -2.28. The Balaban J connectivity index is 3.08. The largest absolute Gasteiger partial charge is 0.309 e. The van der Waals surface area contributed by atoms with Gasteiger partial charge in [0.25, 0.3) is 0 Å². The summed E-state index contributed by atoms with van der Waals surface area (Å²) in [5, 5.41) is 8.69. The average Bonchev–Trinajstić information content (AvgIpc) is 2.57. The predicted octanol–water partition coefficient (Wildman–Crippen LogP) is 4.20. The Kier molecular flexibility index (Phi) is 5.23. The van der Waals surface area contributed by atoms with Crippen LogP contribution in [0.3, 0.4) is 0 Å². The van der Waals surface area contributed by atoms with Crippen LogP contribution < -0.4 is 5.32 Å². The zero-order valence-corrected chi connectivity index (χ0v) is 13.2. The zero-order valence-electron chi connectivity index (χ0n) is 12.4. The zero-order chi connectivity index (χ0) is 13.9. The standard InChI is InChI=1S/C14H26ClN3/c1-7-16-12(8-14(4,5)6)13-11(15)9-17-18(13)10(2)3/h9-10,12,16H,7-8H2,1-6H3. The summed E-state index contributed by atoms with van der Waals surface area (Å²) in [4.78, 5) is 0. The van der Waals surface area contributed by atoms with Crippen LogP contribution >= 0.6 is 11.6 Å². The normalized spacial score (nSPS) is 14.2. The van der Waals surface area contributed by atoms with E-state index in [0.29, 0.717) is 6.04 Å². The Morgan fingerprint density at radius 3 is 2.44 bits per heavy atom. The fourth-order valence-electron chi connectivity index (χ4n) is 2.21. The third-order valence-electron chi connectivity index (χ3n) is 2.87. The van der Waals surface area contributed by atoms with Crippen molar-refractivity contribution in [3.63, 3.8) is 0 Å². The maximum Gasteiger partial charge on any atom is 0.0834 e. The van der Waals surface area contributed by atoms with E-state index in [0.717, 1.165) is 23.7 Å². The van der Waals surface area contributed by atoms with E-state index in [1.165, 1.54) is 0 Å². The first-order valence-corrected chi connectivity index (χ1v) is 7.10. The quantitative estimate of drug-likeness (QED) is 0.870. The monoisotopic (exact) mass is 271 g/mol. The summed E-state index contributed by atoms with van der Waals surface area (Å²) in [6, 6.07) is 0.584. The van der Waals surface area contributed by atoms with Gasteiger partial charge in [-0.3, -0.25) is 4.68 Å². The Hall–Kier alpha value is -0.540. The van der Waals surface area contributed by atoms with Crippen molar-refractivity contribution in [2.24, 2.45) is 5.41 Å². The Labute approximate surface area is 116 Å². The number of aromatic nitrogens is 2. The topological polar surface area (TPSA) is 29.9 Å². The van der Waals surface area contributed by atoms with Crippen molar-refractivity contribution in [2.45, 2.75) is 60.0 Å². The van der Waals surface area contributed by atoms with Crippen molar-refractivity contribution in [1.29, 1.82) is 0 Å². The third kappa shape index (κ3) is 3.99. The van der Waals surface area contributed by atoms with Gasteiger partial charge in [-0.15, -0.1) is 0 Å². The van der Waals surface area contributed by atoms with Gasteiger partial charge in [0.2, 0.25) is 0 Å². The molecule has 0 aliphatic carbocycles. The molecule has 1 unspecified atom stereocenters. The third-order valence-corrected chi connectivity index (χ3v) is 3.16. The highest BCUT2D eigenvalue weighted by atomic mass is 35.5. The van der Waals surface area contributed by atoms with E-state index in [2.05, 4.69) is 52.0 Å². The van der Waals surface area contributed by atoms with Gasteiger partial charge in [-0.2, -0.15) is 5.10 Å². The smallest absolute Gasteiger partial charge is 0.0834 e. The van der Waals surface area contributed by atoms with E-state index in [4.69, 9.17) is 11.6 Å². The fourth-order valence-corrected chi connectivity index (χ4v) is 2.47. The van der Waals surface area contributed by atoms with Crippen LogP contribution in [0.5, 0.6) is 0 Å². The second-order valence-corrected chi connectivity index (χ2v) is 6.70. The molecule has 0 fully saturated rings. The molecule has 0 bridgehead atoms. The number of rotatable bonds is 5. The molecular formula is C14H26ClN3. The van der Waals surface area contributed by atoms with Crippen LogP contribution in [-0.4, -0.2) is 16.3 Å². The minimum Gasteiger partial charge on any atom is -0.309 e. The molecule has 3 nitrogen and oxygen atoms in total. The van der Waals surface area contributed by atoms with Crippen LogP contribution in [-0.2, 0) is 0 Å². The predicted molar refractivity (Wildman–Crippen MR) is 78.1 cm³/mol. The molecule has 0 radical (unpaired) electrons. The highest BCUT2D eigenvalue weighted by molar-refractivity contribution is 6.31. The molecule has 0 aliphatic rings. The van der Waals surface area contributed by atoms with E-state index in [1.807, 2.05) is 4.68 Å². The van der Waals surface area contributed by atoms with Crippen molar-refractivity contribution in [1.82, 2.24) is 15.1 Å². The molecule has 0 saturated heterocycles. The van der Waals surface area contributed by atoms with E-state index in [-0.39, 0.29) is 11.5 Å². The molecule has 0 amide bonds. The Morgan fingerprint density at radius 2 is 2.00 bits per heavy atom. The molecule has 1 rings (SSSR count). The number of nitrogens with zero attached hydrogens (tertiary/aromatic N) is 2. The number of halogens is 1. The molecule has 0 aromatic carbocycles. The number of hydrogen-bond donors (Lipinski definition) is 1. The van der Waals surface area contributed by atoms with Crippen molar-refractivity contribution >= 4 is 11.6 Å². The van der Waals surface area contributed by atoms with Gasteiger partial charge in [0, 0.05) is 6.04 Å². The van der Waals surface area contributed by atoms with Gasteiger partial charge in [-0.05, 0) is 32.2 Å². The number of nitrogens with one attached hydrogen (secondary N) is 1. The Morgan fingerprint density at radius 1 is 1.39 bits per heavy atom. The molecule has 0 saturated carbocycles. The fraction of sp³-hybridized carbons (Fsp3) is 0.786. The van der Waals surface area contributed by atoms with Crippen molar-refractivity contribution in [3.8, 4) is 0 Å². The van der Waals surface area contributed by atoms with E-state index < -0.39 is 0 Å². The second kappa shape index (κ2) is 6.07. The van der Waals surface area contributed by atoms with E-state index in [9.17, 15) is 0 Å². The van der Waals surface area contributed by atoms with Gasteiger partial charge < -0.3 is 5.32 Å². The van der Waals surface area contributed by atoms with Gasteiger partial charge in [-0.1, -0.05) is 39.3 Å². The van der Waals surface area contributed by atoms with Crippen LogP contribution in [0.1, 0.15) is 65.7 Å². The molecule has 0 spiro atoms. The molecule has 1 atom stereocenters. The van der Waals surface area contributed by atoms with Crippen LogP contribution in [0.25, 0.3) is 0 Å². The summed E-state index contributed by atoms with van der Waals surface area (Å²) in [5.74, 6) is 0. The van der Waals surface area contributed by atoms with Crippen LogP contribution in [0, 0.1) is 5.41 Å². The summed E-state index contributed by atoms with van der Waals surface area (Å²) in [6.07, 6.45) is 2.79. The first-order chi connectivity index (χ1) is 8.26. The molecule has 104 valence electrons. The first kappa shape index (κ1) is 15.5. The van der Waals surface area contributed by atoms with Crippen LogP contribution in [0.4, 0.5) is 0 Å². The minimum atomic E-state index is 0.252. The lowest BCUT2D eigenvalue weighted by atomic mass is 9.87. The molecule has 1 aromatic rings. The Bertz CT molecular complexity index is 377. The molecule has 1 aromatic heterocycles. The van der Waals surface area contributed by atoms with Gasteiger partial charge in [-0.25, -0.2) is 0 Å². The molecule has 1 N–H and O–H groups in total. The molecule has 4 heteroatoms. The highest BCUT2D eigenvalue weighted by Gasteiger charge is 2.25. The van der Waals surface area contributed by atoms with Gasteiger partial charge in [0.05, 0.1) is 23.0 Å². The van der Waals surface area contributed by atoms with Crippen LogP contribution in [0.15, 0.2) is 6.20 Å². The SMILES string of the molecule is CCNC(CC(C)(C)C)c1c(Cl)cnn1C(C)C. The van der Waals surface area contributed by atoms with Crippen molar-refractivity contribution < 1.29 is 0 Å². The minimum absolute atomic E-state index is 0.252. The van der Waals surface area contributed by atoms with Crippen LogP contribution in [0.2, 0.25) is 5.02 Å². The van der Waals surface area contributed by atoms with E-state index >= 15 is 0 Å². The first-order valence-electron chi connectivity index (χ1n) is 6.72. The highest BCUT2D eigenvalue weighted by Crippen LogP contribution is 2.33. The van der Waals surface area contributed by atoms with Gasteiger partial charge in [0.15, 0.2) is 0 Å². The summed E-state index contributed by atoms with van der Waals surface area (Å²) >= 11 is 6.33. The molecule has 1 heterocycles.